The number of hydrogen-bond donors (Lipinski definition) is 1. The third-order valence-corrected chi connectivity index (χ3v) is 1.03. The van der Waals surface area contributed by atoms with Gasteiger partial charge in [0.25, 0.3) is 5.91 Å². The van der Waals surface area contributed by atoms with E-state index >= 15 is 0 Å². The average molecular weight is 139 g/mol. The molecule has 1 heterocycles. The van der Waals surface area contributed by atoms with Crippen LogP contribution in [0.25, 0.3) is 0 Å². The van der Waals surface area contributed by atoms with Crippen molar-refractivity contribution in [1.29, 1.82) is 0 Å². The zero-order chi connectivity index (χ0) is 7.56. The first-order chi connectivity index (χ1) is 4.70. The van der Waals surface area contributed by atoms with Gasteiger partial charge < -0.3 is 4.90 Å². The smallest absolute Gasteiger partial charge is 0.274 e. The Kier molecular flexibility index (Phi) is 1.71. The van der Waals surface area contributed by atoms with Crippen LogP contribution in [0, 0.1) is 0 Å². The Bertz CT molecular complexity index is 205. The molecule has 1 amide bonds. The van der Waals surface area contributed by atoms with E-state index in [1.807, 2.05) is 14.1 Å². The Balaban J connectivity index is 2.72. The van der Waals surface area contributed by atoms with Gasteiger partial charge in [0.05, 0.1) is 11.8 Å². The van der Waals surface area contributed by atoms with Crippen LogP contribution in [0.15, 0.2) is 16.9 Å². The maximum Gasteiger partial charge on any atom is 0.274 e. The first kappa shape index (κ1) is 6.80. The summed E-state index contributed by atoms with van der Waals surface area (Å²) in [5.41, 5.74) is 2.90. The monoisotopic (exact) mass is 139 g/mol. The molecular formula is C6H9N3O. The molecule has 0 radical (unpaired) electrons. The van der Waals surface area contributed by atoms with Gasteiger partial charge in [0, 0.05) is 20.3 Å². The number of carbonyl (C=O) groups excluding carboxylic acids is 1. The minimum absolute atomic E-state index is 0.145. The maximum atomic E-state index is 10.8. The third kappa shape index (κ3) is 1.34. The molecule has 0 aromatic heterocycles. The number of carbonyl (C=O) groups is 1. The van der Waals surface area contributed by atoms with E-state index in [9.17, 15) is 4.79 Å². The van der Waals surface area contributed by atoms with Gasteiger partial charge in [-0.25, -0.2) is 5.43 Å². The SMILES string of the molecule is CN(C)/C=C1\C=NNC1=O. The van der Waals surface area contributed by atoms with Crippen molar-refractivity contribution in [3.8, 4) is 0 Å². The maximum absolute atomic E-state index is 10.8. The van der Waals surface area contributed by atoms with Crippen LogP contribution in [0.2, 0.25) is 0 Å². The van der Waals surface area contributed by atoms with Crippen LogP contribution in [0.5, 0.6) is 0 Å². The van der Waals surface area contributed by atoms with E-state index < -0.39 is 0 Å². The lowest BCUT2D eigenvalue weighted by atomic mass is 10.3. The Labute approximate surface area is 59.2 Å². The summed E-state index contributed by atoms with van der Waals surface area (Å²) in [5.74, 6) is -0.145. The molecule has 4 nitrogen and oxygen atoms in total. The quantitative estimate of drug-likeness (QED) is 0.500. The summed E-state index contributed by atoms with van der Waals surface area (Å²) in [7, 11) is 3.71. The molecule has 0 unspecified atom stereocenters. The molecule has 4 heteroatoms. The molecular weight excluding hydrogens is 130 g/mol. The van der Waals surface area contributed by atoms with Crippen molar-refractivity contribution in [3.05, 3.63) is 11.8 Å². The lowest BCUT2D eigenvalue weighted by molar-refractivity contribution is -0.116. The Morgan fingerprint density at radius 1 is 1.70 bits per heavy atom. The first-order valence-corrected chi connectivity index (χ1v) is 2.92. The first-order valence-electron chi connectivity index (χ1n) is 2.92. The molecule has 0 atom stereocenters. The van der Waals surface area contributed by atoms with Gasteiger partial charge in [0.15, 0.2) is 0 Å². The van der Waals surface area contributed by atoms with E-state index in [4.69, 9.17) is 0 Å². The fourth-order valence-corrected chi connectivity index (χ4v) is 0.654. The molecule has 0 aromatic rings. The highest BCUT2D eigenvalue weighted by Crippen LogP contribution is 1.96. The molecule has 0 spiro atoms. The van der Waals surface area contributed by atoms with Gasteiger partial charge in [-0.2, -0.15) is 5.10 Å². The van der Waals surface area contributed by atoms with Crippen LogP contribution in [-0.2, 0) is 4.79 Å². The fourth-order valence-electron chi connectivity index (χ4n) is 0.654. The van der Waals surface area contributed by atoms with Crippen molar-refractivity contribution >= 4 is 12.1 Å². The number of nitrogens with one attached hydrogen (secondary N) is 1. The molecule has 10 heavy (non-hydrogen) atoms. The summed E-state index contributed by atoms with van der Waals surface area (Å²) in [6, 6.07) is 0. The molecule has 1 N–H and O–H groups in total. The van der Waals surface area contributed by atoms with Gasteiger partial charge in [-0.15, -0.1) is 0 Å². The molecule has 0 saturated heterocycles. The number of amides is 1. The number of hydrogen-bond acceptors (Lipinski definition) is 3. The zero-order valence-corrected chi connectivity index (χ0v) is 5.96. The molecule has 0 fully saturated rings. The highest BCUT2D eigenvalue weighted by atomic mass is 16.2. The van der Waals surface area contributed by atoms with E-state index in [2.05, 4.69) is 10.5 Å². The predicted octanol–water partition coefficient (Wildman–Crippen LogP) is -0.453. The summed E-state index contributed by atoms with van der Waals surface area (Å²) in [4.78, 5) is 12.6. The van der Waals surface area contributed by atoms with Gasteiger partial charge >= 0.3 is 0 Å². The van der Waals surface area contributed by atoms with E-state index in [-0.39, 0.29) is 5.91 Å². The second-order valence-electron chi connectivity index (χ2n) is 2.25. The normalized spacial score (nSPS) is 19.8. The Morgan fingerprint density at radius 2 is 2.40 bits per heavy atom. The summed E-state index contributed by atoms with van der Waals surface area (Å²) >= 11 is 0. The molecule has 0 aliphatic carbocycles. The Hall–Kier alpha value is -1.32. The third-order valence-electron chi connectivity index (χ3n) is 1.03. The molecule has 0 saturated carbocycles. The minimum Gasteiger partial charge on any atom is -0.383 e. The molecule has 1 aliphatic heterocycles. The van der Waals surface area contributed by atoms with Crippen molar-refractivity contribution in [1.82, 2.24) is 10.3 Å². The van der Waals surface area contributed by atoms with Gasteiger partial charge in [-0.3, -0.25) is 4.79 Å². The van der Waals surface area contributed by atoms with E-state index in [0.717, 1.165) is 0 Å². The van der Waals surface area contributed by atoms with Crippen molar-refractivity contribution in [2.75, 3.05) is 14.1 Å². The molecule has 0 bridgehead atoms. The second kappa shape index (κ2) is 2.51. The van der Waals surface area contributed by atoms with Gasteiger partial charge in [0.1, 0.15) is 0 Å². The summed E-state index contributed by atoms with van der Waals surface area (Å²) in [6.45, 7) is 0. The molecule has 1 aliphatic rings. The predicted molar refractivity (Wildman–Crippen MR) is 38.4 cm³/mol. The van der Waals surface area contributed by atoms with Crippen LogP contribution in [-0.4, -0.2) is 31.1 Å². The van der Waals surface area contributed by atoms with Crippen molar-refractivity contribution in [3.63, 3.8) is 0 Å². The highest BCUT2D eigenvalue weighted by Gasteiger charge is 2.10. The van der Waals surface area contributed by atoms with Gasteiger partial charge in [0.2, 0.25) is 0 Å². The second-order valence-corrected chi connectivity index (χ2v) is 2.25. The van der Waals surface area contributed by atoms with Crippen molar-refractivity contribution in [2.24, 2.45) is 5.10 Å². The average Bonchev–Trinajstić information content (AvgIpc) is 2.15. The van der Waals surface area contributed by atoms with Crippen LogP contribution in [0.1, 0.15) is 0 Å². The standard InChI is InChI=1S/C6H9N3O/c1-9(2)4-5-3-7-8-6(5)10/h3-4H,1-2H3,(H,8,10)/b5-4+. The van der Waals surface area contributed by atoms with Crippen LogP contribution in [0.4, 0.5) is 0 Å². The summed E-state index contributed by atoms with van der Waals surface area (Å²) in [6.07, 6.45) is 3.22. The van der Waals surface area contributed by atoms with Gasteiger partial charge in [-0.1, -0.05) is 0 Å². The number of hydrazone groups is 1. The van der Waals surface area contributed by atoms with E-state index in [1.54, 1.807) is 11.1 Å². The zero-order valence-electron chi connectivity index (χ0n) is 5.96. The fraction of sp³-hybridized carbons (Fsp3) is 0.333. The lowest BCUT2D eigenvalue weighted by Gasteiger charge is -2.03. The van der Waals surface area contributed by atoms with Crippen molar-refractivity contribution in [2.45, 2.75) is 0 Å². The lowest BCUT2D eigenvalue weighted by Crippen LogP contribution is -2.14. The topological polar surface area (TPSA) is 44.7 Å². The summed E-state index contributed by atoms with van der Waals surface area (Å²) < 4.78 is 0. The van der Waals surface area contributed by atoms with Crippen LogP contribution >= 0.6 is 0 Å². The Morgan fingerprint density at radius 3 is 2.80 bits per heavy atom. The minimum atomic E-state index is -0.145. The summed E-state index contributed by atoms with van der Waals surface area (Å²) in [5, 5.41) is 3.58. The molecule has 54 valence electrons. The molecule has 0 aromatic carbocycles. The van der Waals surface area contributed by atoms with Crippen LogP contribution in [0.3, 0.4) is 0 Å². The highest BCUT2D eigenvalue weighted by molar-refractivity contribution is 6.15. The van der Waals surface area contributed by atoms with E-state index in [0.29, 0.717) is 5.57 Å². The number of nitrogens with zero attached hydrogens (tertiary/aromatic N) is 2. The van der Waals surface area contributed by atoms with Gasteiger partial charge in [-0.05, 0) is 0 Å². The number of rotatable bonds is 1. The molecule has 1 rings (SSSR count). The largest absolute Gasteiger partial charge is 0.383 e. The van der Waals surface area contributed by atoms with Crippen LogP contribution < -0.4 is 5.43 Å². The van der Waals surface area contributed by atoms with E-state index in [1.165, 1.54) is 6.21 Å². The van der Waals surface area contributed by atoms with Crippen molar-refractivity contribution < 1.29 is 4.79 Å².